The first-order chi connectivity index (χ1) is 9.65. The number of nitrogens with one attached hydrogen (secondary N) is 1. The number of fused-ring (bicyclic) bond motifs is 1. The summed E-state index contributed by atoms with van der Waals surface area (Å²) in [5.41, 5.74) is 0. The SMILES string of the molecule is O=C(O[C@@H]1CO[C@H]2[C@@H]1OC[C@@H]2O[N+](=O)[O-])C1CSCN1. The van der Waals surface area contributed by atoms with Gasteiger partial charge in [0.2, 0.25) is 0 Å². The van der Waals surface area contributed by atoms with Gasteiger partial charge in [-0.1, -0.05) is 0 Å². The molecule has 20 heavy (non-hydrogen) atoms. The molecule has 112 valence electrons. The molecule has 0 aliphatic carbocycles. The Kier molecular flexibility index (Phi) is 3.96. The molecule has 9 nitrogen and oxygen atoms in total. The summed E-state index contributed by atoms with van der Waals surface area (Å²) in [6.45, 7) is 0.223. The van der Waals surface area contributed by atoms with Crippen molar-refractivity contribution in [3.8, 4) is 0 Å². The largest absolute Gasteiger partial charge is 0.456 e. The van der Waals surface area contributed by atoms with Crippen LogP contribution in [0.5, 0.6) is 0 Å². The Morgan fingerprint density at radius 2 is 2.00 bits per heavy atom. The van der Waals surface area contributed by atoms with Crippen LogP contribution in [0.2, 0.25) is 0 Å². The van der Waals surface area contributed by atoms with Crippen molar-refractivity contribution in [3.63, 3.8) is 0 Å². The Bertz CT molecular complexity index is 403. The van der Waals surface area contributed by atoms with Gasteiger partial charge in [-0.15, -0.1) is 21.9 Å². The Morgan fingerprint density at radius 3 is 2.65 bits per heavy atom. The molecule has 0 amide bonds. The van der Waals surface area contributed by atoms with Crippen molar-refractivity contribution < 1.29 is 28.9 Å². The molecule has 0 aromatic heterocycles. The van der Waals surface area contributed by atoms with Crippen molar-refractivity contribution in [2.24, 2.45) is 0 Å². The van der Waals surface area contributed by atoms with E-state index >= 15 is 0 Å². The van der Waals surface area contributed by atoms with Gasteiger partial charge in [0.1, 0.15) is 18.2 Å². The van der Waals surface area contributed by atoms with Crippen LogP contribution in [-0.2, 0) is 23.8 Å². The fourth-order valence-electron chi connectivity index (χ4n) is 2.51. The first-order valence-corrected chi connectivity index (χ1v) is 7.36. The van der Waals surface area contributed by atoms with E-state index in [-0.39, 0.29) is 25.2 Å². The van der Waals surface area contributed by atoms with E-state index in [4.69, 9.17) is 14.2 Å². The minimum absolute atomic E-state index is 0.0574. The predicted molar refractivity (Wildman–Crippen MR) is 65.5 cm³/mol. The normalized spacial score (nSPS) is 39.5. The summed E-state index contributed by atoms with van der Waals surface area (Å²) in [7, 11) is 0. The molecule has 0 radical (unpaired) electrons. The van der Waals surface area contributed by atoms with Crippen LogP contribution < -0.4 is 5.32 Å². The molecule has 0 bridgehead atoms. The molecule has 3 aliphatic heterocycles. The molecule has 0 saturated carbocycles. The number of carbonyl (C=O) groups excluding carboxylic acids is 1. The first kappa shape index (κ1) is 13.9. The summed E-state index contributed by atoms with van der Waals surface area (Å²) in [4.78, 5) is 26.7. The van der Waals surface area contributed by atoms with Crippen LogP contribution in [0.15, 0.2) is 0 Å². The van der Waals surface area contributed by atoms with Gasteiger partial charge in [0.25, 0.3) is 5.09 Å². The minimum Gasteiger partial charge on any atom is -0.456 e. The standard InChI is InChI=1S/C10H14N2O7S/c13-10(5-3-20-4-11-5)18-6-1-16-9-7(19-12(14)15)2-17-8(6)9/h5-9,11H,1-4H2/t5?,6-,7+,8-,9-/m1/s1. The predicted octanol–water partition coefficient (Wildman–Crippen LogP) is -1.06. The Labute approximate surface area is 118 Å². The maximum atomic E-state index is 11.9. The molecule has 3 fully saturated rings. The molecule has 0 aromatic carbocycles. The first-order valence-electron chi connectivity index (χ1n) is 6.21. The van der Waals surface area contributed by atoms with Gasteiger partial charge in [-0.05, 0) is 0 Å². The van der Waals surface area contributed by atoms with Gasteiger partial charge in [0.05, 0.1) is 13.2 Å². The number of ether oxygens (including phenoxy) is 3. The third-order valence-corrected chi connectivity index (χ3v) is 4.39. The smallest absolute Gasteiger partial charge is 0.324 e. The summed E-state index contributed by atoms with van der Waals surface area (Å²) in [6.07, 6.45) is -2.37. The summed E-state index contributed by atoms with van der Waals surface area (Å²) >= 11 is 1.63. The van der Waals surface area contributed by atoms with Gasteiger partial charge in [0, 0.05) is 11.6 Å². The lowest BCUT2D eigenvalue weighted by Crippen LogP contribution is -2.41. The van der Waals surface area contributed by atoms with Gasteiger partial charge < -0.3 is 19.0 Å². The maximum Gasteiger partial charge on any atom is 0.324 e. The second kappa shape index (κ2) is 5.72. The zero-order valence-electron chi connectivity index (χ0n) is 10.4. The number of carbonyl (C=O) groups is 1. The van der Waals surface area contributed by atoms with Crippen LogP contribution in [-0.4, -0.2) is 66.4 Å². The quantitative estimate of drug-likeness (QED) is 0.394. The van der Waals surface area contributed by atoms with Crippen LogP contribution in [0.25, 0.3) is 0 Å². The second-order valence-corrected chi connectivity index (χ2v) is 5.74. The molecule has 3 rings (SSSR count). The van der Waals surface area contributed by atoms with E-state index in [9.17, 15) is 14.9 Å². The van der Waals surface area contributed by atoms with Crippen LogP contribution >= 0.6 is 11.8 Å². The van der Waals surface area contributed by atoms with Gasteiger partial charge in [-0.3, -0.25) is 10.1 Å². The van der Waals surface area contributed by atoms with Crippen LogP contribution in [0.3, 0.4) is 0 Å². The Balaban J connectivity index is 1.55. The van der Waals surface area contributed by atoms with Gasteiger partial charge in [0.15, 0.2) is 12.2 Å². The molecule has 0 aromatic rings. The molecule has 1 unspecified atom stereocenters. The zero-order valence-corrected chi connectivity index (χ0v) is 11.2. The van der Waals surface area contributed by atoms with Crippen molar-refractivity contribution in [2.45, 2.75) is 30.5 Å². The van der Waals surface area contributed by atoms with Crippen molar-refractivity contribution in [3.05, 3.63) is 10.1 Å². The van der Waals surface area contributed by atoms with Crippen molar-refractivity contribution in [1.29, 1.82) is 0 Å². The van der Waals surface area contributed by atoms with Crippen molar-refractivity contribution in [1.82, 2.24) is 5.32 Å². The number of thioether (sulfide) groups is 1. The zero-order chi connectivity index (χ0) is 14.1. The van der Waals surface area contributed by atoms with Gasteiger partial charge in [-0.2, -0.15) is 0 Å². The number of hydrogen-bond acceptors (Lipinski definition) is 9. The molecule has 1 N–H and O–H groups in total. The average molecular weight is 306 g/mol. The maximum absolute atomic E-state index is 11.9. The molecule has 3 aliphatic rings. The molecule has 0 spiro atoms. The molecular weight excluding hydrogens is 292 g/mol. The fourth-order valence-corrected chi connectivity index (χ4v) is 3.44. The van der Waals surface area contributed by atoms with Gasteiger partial charge in [-0.25, -0.2) is 0 Å². The number of esters is 1. The van der Waals surface area contributed by atoms with E-state index in [0.717, 1.165) is 5.88 Å². The van der Waals surface area contributed by atoms with Crippen molar-refractivity contribution in [2.75, 3.05) is 24.8 Å². The lowest BCUT2D eigenvalue weighted by Gasteiger charge is -2.18. The van der Waals surface area contributed by atoms with Gasteiger partial charge >= 0.3 is 5.97 Å². The lowest BCUT2D eigenvalue weighted by molar-refractivity contribution is -0.769. The van der Waals surface area contributed by atoms with Crippen LogP contribution in [0.4, 0.5) is 0 Å². The third kappa shape index (κ3) is 2.68. The molecular formula is C10H14N2O7S. The van der Waals surface area contributed by atoms with E-state index < -0.39 is 29.5 Å². The van der Waals surface area contributed by atoms with E-state index in [1.54, 1.807) is 11.8 Å². The second-order valence-electron chi connectivity index (χ2n) is 4.71. The highest BCUT2D eigenvalue weighted by Gasteiger charge is 2.51. The van der Waals surface area contributed by atoms with Crippen molar-refractivity contribution >= 4 is 17.7 Å². The number of nitrogens with zero attached hydrogens (tertiary/aromatic N) is 1. The fraction of sp³-hybridized carbons (Fsp3) is 0.900. The Morgan fingerprint density at radius 1 is 1.30 bits per heavy atom. The number of rotatable bonds is 4. The lowest BCUT2D eigenvalue weighted by atomic mass is 10.1. The summed E-state index contributed by atoms with van der Waals surface area (Å²) in [5, 5.41) is 12.5. The molecule has 5 atom stereocenters. The highest BCUT2D eigenvalue weighted by atomic mass is 32.2. The average Bonchev–Trinajstić information content (AvgIpc) is 3.09. The van der Waals surface area contributed by atoms with Crippen LogP contribution in [0, 0.1) is 10.1 Å². The molecule has 10 heteroatoms. The molecule has 3 heterocycles. The monoisotopic (exact) mass is 306 g/mol. The Hall–Kier alpha value is -1.10. The van der Waals surface area contributed by atoms with E-state index in [1.807, 2.05) is 0 Å². The van der Waals surface area contributed by atoms with E-state index in [0.29, 0.717) is 5.75 Å². The summed E-state index contributed by atoms with van der Waals surface area (Å²) in [6, 6.07) is -0.314. The molecule has 3 saturated heterocycles. The minimum atomic E-state index is -0.862. The van der Waals surface area contributed by atoms with Crippen LogP contribution in [0.1, 0.15) is 0 Å². The topological polar surface area (TPSA) is 109 Å². The highest BCUT2D eigenvalue weighted by Crippen LogP contribution is 2.31. The summed E-state index contributed by atoms with van der Waals surface area (Å²) in [5.74, 6) is 1.06. The number of hydrogen-bond donors (Lipinski definition) is 1. The summed E-state index contributed by atoms with van der Waals surface area (Å²) < 4.78 is 16.2. The van der Waals surface area contributed by atoms with E-state index in [1.165, 1.54) is 0 Å². The third-order valence-electron chi connectivity index (χ3n) is 3.45. The van der Waals surface area contributed by atoms with E-state index in [2.05, 4.69) is 10.2 Å². The highest BCUT2D eigenvalue weighted by molar-refractivity contribution is 7.99.